The molecular formula is C18H21N3O3S2. The van der Waals surface area contributed by atoms with E-state index in [1.165, 1.54) is 4.90 Å². The largest absolute Gasteiger partial charge is 0.293 e. The van der Waals surface area contributed by atoms with Crippen molar-refractivity contribution in [3.05, 3.63) is 41.6 Å². The number of aromatic nitrogens is 2. The molecule has 8 heteroatoms. The second-order valence-corrected chi connectivity index (χ2v) is 8.47. The first-order valence-electron chi connectivity index (χ1n) is 8.66. The van der Waals surface area contributed by atoms with Crippen LogP contribution in [0.25, 0.3) is 5.65 Å². The van der Waals surface area contributed by atoms with E-state index in [-0.39, 0.29) is 11.1 Å². The number of rotatable bonds is 8. The van der Waals surface area contributed by atoms with E-state index in [9.17, 15) is 13.8 Å². The molecule has 0 N–H and O–H groups in total. The first-order chi connectivity index (χ1) is 12.6. The predicted molar refractivity (Wildman–Crippen MR) is 103 cm³/mol. The molecule has 1 aliphatic heterocycles. The molecule has 2 amide bonds. The number of imide groups is 1. The van der Waals surface area contributed by atoms with Crippen LogP contribution in [0.15, 0.2) is 46.6 Å². The second-order valence-electron chi connectivity index (χ2n) is 5.96. The van der Waals surface area contributed by atoms with Crippen molar-refractivity contribution >= 4 is 39.4 Å². The Morgan fingerprint density at radius 1 is 1.27 bits per heavy atom. The lowest BCUT2D eigenvalue weighted by Crippen LogP contribution is -2.29. The van der Waals surface area contributed by atoms with Crippen LogP contribution < -0.4 is 0 Å². The molecule has 3 heterocycles. The zero-order chi connectivity index (χ0) is 18.5. The number of hydrogen-bond donors (Lipinski definition) is 0. The highest BCUT2D eigenvalue weighted by atomic mass is 32.2. The minimum absolute atomic E-state index is 0.197. The summed E-state index contributed by atoms with van der Waals surface area (Å²) in [5.74, 6) is 0.289. The number of fused-ring (bicyclic) bond motifs is 1. The number of amides is 2. The highest BCUT2D eigenvalue weighted by Gasteiger charge is 2.34. The molecule has 2 aromatic heterocycles. The van der Waals surface area contributed by atoms with Crippen molar-refractivity contribution in [2.24, 2.45) is 0 Å². The van der Waals surface area contributed by atoms with Gasteiger partial charge in [0.05, 0.1) is 15.7 Å². The van der Waals surface area contributed by atoms with E-state index in [0.29, 0.717) is 35.1 Å². The van der Waals surface area contributed by atoms with Gasteiger partial charge in [-0.3, -0.25) is 23.1 Å². The summed E-state index contributed by atoms with van der Waals surface area (Å²) in [4.78, 5) is 30.2. The molecule has 6 nitrogen and oxygen atoms in total. The van der Waals surface area contributed by atoms with Crippen molar-refractivity contribution in [3.8, 4) is 0 Å². The number of unbranched alkanes of at least 4 members (excludes halogenated alkanes) is 2. The Kier molecular flexibility index (Phi) is 6.26. The van der Waals surface area contributed by atoms with Crippen LogP contribution in [-0.4, -0.2) is 41.9 Å². The third kappa shape index (κ3) is 4.07. The van der Waals surface area contributed by atoms with Gasteiger partial charge in [0.1, 0.15) is 10.7 Å². The molecule has 0 spiro atoms. The van der Waals surface area contributed by atoms with E-state index in [0.717, 1.165) is 30.3 Å². The fourth-order valence-corrected chi connectivity index (χ4v) is 4.87. The van der Waals surface area contributed by atoms with E-state index in [1.807, 2.05) is 35.6 Å². The summed E-state index contributed by atoms with van der Waals surface area (Å²) in [6.45, 7) is 2.41. The average Bonchev–Trinajstić information content (AvgIpc) is 3.22. The fraction of sp³-hybridized carbons (Fsp3) is 0.389. The van der Waals surface area contributed by atoms with Gasteiger partial charge in [-0.15, -0.1) is 0 Å². The first-order valence-corrected chi connectivity index (χ1v) is 10.8. The Balaban J connectivity index is 1.51. The Labute approximate surface area is 159 Å². The van der Waals surface area contributed by atoms with E-state index in [1.54, 1.807) is 12.4 Å². The molecule has 3 rings (SSSR count). The maximum Gasteiger partial charge on any atom is 0.293 e. The molecule has 0 saturated carbocycles. The van der Waals surface area contributed by atoms with Crippen LogP contribution in [-0.2, 0) is 15.6 Å². The number of imidazole rings is 1. The summed E-state index contributed by atoms with van der Waals surface area (Å²) in [5, 5.41) is 0.510. The normalized spacial score (nSPS) is 17.6. The maximum absolute atomic E-state index is 12.6. The second kappa shape index (κ2) is 8.64. The summed E-state index contributed by atoms with van der Waals surface area (Å²) in [7, 11) is -1.15. The Bertz CT molecular complexity index is 875. The fourth-order valence-electron chi connectivity index (χ4n) is 2.72. The smallest absolute Gasteiger partial charge is 0.292 e. The minimum atomic E-state index is -1.15. The monoisotopic (exact) mass is 391 g/mol. The molecule has 0 bridgehead atoms. The van der Waals surface area contributed by atoms with Crippen LogP contribution in [0, 0.1) is 0 Å². The average molecular weight is 392 g/mol. The van der Waals surface area contributed by atoms with Gasteiger partial charge in [-0.05, 0) is 43.2 Å². The maximum atomic E-state index is 12.6. The Morgan fingerprint density at radius 2 is 2.12 bits per heavy atom. The molecule has 1 fully saturated rings. The van der Waals surface area contributed by atoms with Gasteiger partial charge in [-0.2, -0.15) is 0 Å². The van der Waals surface area contributed by atoms with Gasteiger partial charge in [-0.1, -0.05) is 25.5 Å². The summed E-state index contributed by atoms with van der Waals surface area (Å²) < 4.78 is 14.4. The number of thioether (sulfide) groups is 1. The van der Waals surface area contributed by atoms with Gasteiger partial charge < -0.3 is 0 Å². The van der Waals surface area contributed by atoms with Crippen molar-refractivity contribution in [1.29, 1.82) is 0 Å². The van der Waals surface area contributed by atoms with Crippen molar-refractivity contribution in [2.45, 2.75) is 37.6 Å². The lowest BCUT2D eigenvalue weighted by Gasteiger charge is -2.12. The molecule has 0 aliphatic carbocycles. The van der Waals surface area contributed by atoms with Crippen LogP contribution >= 0.6 is 11.8 Å². The molecule has 0 aromatic carbocycles. The first kappa shape index (κ1) is 18.8. The van der Waals surface area contributed by atoms with E-state index < -0.39 is 10.8 Å². The van der Waals surface area contributed by atoms with Gasteiger partial charge >= 0.3 is 0 Å². The Hall–Kier alpha value is -1.93. The van der Waals surface area contributed by atoms with Crippen LogP contribution in [0.1, 0.15) is 32.6 Å². The highest BCUT2D eigenvalue weighted by molar-refractivity contribution is 8.18. The molecular weight excluding hydrogens is 370 g/mol. The van der Waals surface area contributed by atoms with Crippen molar-refractivity contribution in [3.63, 3.8) is 0 Å². The molecule has 2 aromatic rings. The number of hydrogen-bond acceptors (Lipinski definition) is 5. The van der Waals surface area contributed by atoms with Crippen molar-refractivity contribution < 1.29 is 13.8 Å². The number of carbonyl (C=O) groups excluding carboxylic acids is 2. The van der Waals surface area contributed by atoms with E-state index in [2.05, 4.69) is 4.98 Å². The quantitative estimate of drug-likeness (QED) is 0.508. The molecule has 26 heavy (non-hydrogen) atoms. The van der Waals surface area contributed by atoms with Gasteiger partial charge in [0.15, 0.2) is 0 Å². The van der Waals surface area contributed by atoms with E-state index in [4.69, 9.17) is 0 Å². The summed E-state index contributed by atoms with van der Waals surface area (Å²) >= 11 is 1.01. The van der Waals surface area contributed by atoms with Gasteiger partial charge in [0.2, 0.25) is 0 Å². The lowest BCUT2D eigenvalue weighted by molar-refractivity contribution is -0.122. The molecule has 1 aliphatic rings. The minimum Gasteiger partial charge on any atom is -0.292 e. The third-order valence-corrected chi connectivity index (χ3v) is 6.49. The number of pyridine rings is 1. The van der Waals surface area contributed by atoms with Crippen LogP contribution in [0.5, 0.6) is 0 Å². The van der Waals surface area contributed by atoms with E-state index >= 15 is 0 Å². The summed E-state index contributed by atoms with van der Waals surface area (Å²) in [5.41, 5.74) is 0.771. The Morgan fingerprint density at radius 3 is 2.92 bits per heavy atom. The van der Waals surface area contributed by atoms with Crippen molar-refractivity contribution in [2.75, 3.05) is 12.3 Å². The van der Waals surface area contributed by atoms with Crippen LogP contribution in [0.2, 0.25) is 0 Å². The number of nitrogens with zero attached hydrogens (tertiary/aromatic N) is 3. The van der Waals surface area contributed by atoms with Gasteiger partial charge in [0, 0.05) is 24.7 Å². The molecule has 1 atom stereocenters. The zero-order valence-electron chi connectivity index (χ0n) is 14.6. The van der Waals surface area contributed by atoms with Crippen LogP contribution in [0.4, 0.5) is 4.79 Å². The predicted octanol–water partition coefficient (Wildman–Crippen LogP) is 3.60. The molecule has 1 saturated heterocycles. The van der Waals surface area contributed by atoms with Gasteiger partial charge in [-0.25, -0.2) is 4.98 Å². The summed E-state index contributed by atoms with van der Waals surface area (Å²) in [6.07, 6.45) is 8.38. The number of allylic oxidation sites excluding steroid dienone is 1. The SMILES string of the molecule is CCCC=C1SC(=O)N(CCCCS(=O)c2cccc3nccn23)C1=O. The van der Waals surface area contributed by atoms with Crippen molar-refractivity contribution in [1.82, 2.24) is 14.3 Å². The third-order valence-electron chi connectivity index (χ3n) is 4.08. The lowest BCUT2D eigenvalue weighted by atomic mass is 10.3. The summed E-state index contributed by atoms with van der Waals surface area (Å²) in [6, 6.07) is 5.55. The standard InChI is InChI=1S/C18H21N3O3S2/c1-2-3-7-14-17(22)21(18(23)25-14)11-4-5-13-26(24)16-9-6-8-15-19-10-12-20(15)16/h6-10,12H,2-5,11,13H2,1H3. The molecule has 0 radical (unpaired) electrons. The van der Waals surface area contributed by atoms with Crippen LogP contribution in [0.3, 0.4) is 0 Å². The number of carbonyl (C=O) groups is 2. The molecule has 1 unspecified atom stereocenters. The zero-order valence-corrected chi connectivity index (χ0v) is 16.2. The highest BCUT2D eigenvalue weighted by Crippen LogP contribution is 2.31. The van der Waals surface area contributed by atoms with Gasteiger partial charge in [0.25, 0.3) is 11.1 Å². The topological polar surface area (TPSA) is 71.8 Å². The molecule has 138 valence electrons.